The van der Waals surface area contributed by atoms with Crippen LogP contribution >= 0.6 is 15.9 Å². The van der Waals surface area contributed by atoms with E-state index in [4.69, 9.17) is 0 Å². The lowest BCUT2D eigenvalue weighted by Crippen LogP contribution is -2.52. The fourth-order valence-corrected chi connectivity index (χ4v) is 3.20. The zero-order chi connectivity index (χ0) is 22.6. The molecule has 7 nitrogen and oxygen atoms in total. The van der Waals surface area contributed by atoms with E-state index in [9.17, 15) is 35.5 Å². The number of carbonyl (C=O) groups excluding carboxylic acids is 1. The Labute approximate surface area is 171 Å². The third-order valence-electron chi connectivity index (χ3n) is 4.08. The van der Waals surface area contributed by atoms with Crippen molar-refractivity contribution >= 4 is 33.1 Å². The number of nitrogens with zero attached hydrogens (tertiary/aromatic N) is 3. The molecule has 1 aliphatic rings. The van der Waals surface area contributed by atoms with Crippen LogP contribution in [0.25, 0.3) is 11.0 Å². The number of amides is 1. The summed E-state index contributed by atoms with van der Waals surface area (Å²) in [6, 6.07) is 0.732. The summed E-state index contributed by atoms with van der Waals surface area (Å²) in [6.07, 6.45) is -16.4. The standard InChI is InChI=1S/C15H11BrF7N3O4/c1-3-25(12(27)28-2)5-26-9-8(24-11(26)13(17,18)19)6(16)4-7-10(9)30-15(22,23)14(20,21)29-7/h4H,3,5H2,1-2H3. The topological polar surface area (TPSA) is 65.8 Å². The van der Waals surface area contributed by atoms with Crippen molar-refractivity contribution in [2.24, 2.45) is 0 Å². The average Bonchev–Trinajstić information content (AvgIpc) is 3.01. The lowest BCUT2D eigenvalue weighted by atomic mass is 10.2. The Balaban J connectivity index is 2.33. The summed E-state index contributed by atoms with van der Waals surface area (Å²) in [5.41, 5.74) is -1.25. The van der Waals surface area contributed by atoms with Crippen LogP contribution in [0.3, 0.4) is 0 Å². The van der Waals surface area contributed by atoms with Crippen molar-refractivity contribution in [2.45, 2.75) is 32.0 Å². The van der Waals surface area contributed by atoms with Crippen molar-refractivity contribution in [3.05, 3.63) is 16.4 Å². The van der Waals surface area contributed by atoms with Gasteiger partial charge in [-0.15, -0.1) is 0 Å². The number of alkyl halides is 7. The number of rotatable bonds is 3. The molecule has 1 aromatic heterocycles. The van der Waals surface area contributed by atoms with Crippen molar-refractivity contribution in [2.75, 3.05) is 13.7 Å². The van der Waals surface area contributed by atoms with Gasteiger partial charge in [0.2, 0.25) is 5.82 Å². The number of hydrogen-bond donors (Lipinski definition) is 0. The maximum atomic E-state index is 13.7. The van der Waals surface area contributed by atoms with Crippen LogP contribution in [0.1, 0.15) is 12.7 Å². The second-order valence-electron chi connectivity index (χ2n) is 5.95. The van der Waals surface area contributed by atoms with Crippen LogP contribution in [0.4, 0.5) is 35.5 Å². The van der Waals surface area contributed by atoms with E-state index in [1.165, 1.54) is 6.92 Å². The molecular weight excluding hydrogens is 499 g/mol. The Morgan fingerprint density at radius 3 is 2.40 bits per heavy atom. The van der Waals surface area contributed by atoms with Gasteiger partial charge in [0.1, 0.15) is 17.7 Å². The normalized spacial score (nSPS) is 17.1. The Hall–Kier alpha value is -2.45. The molecule has 0 unspecified atom stereocenters. The van der Waals surface area contributed by atoms with Crippen molar-refractivity contribution < 1.29 is 49.7 Å². The highest BCUT2D eigenvalue weighted by Gasteiger charge is 2.66. The lowest BCUT2D eigenvalue weighted by Gasteiger charge is -2.32. The number of ether oxygens (including phenoxy) is 3. The second kappa shape index (κ2) is 7.06. The molecule has 0 spiro atoms. The molecule has 0 atom stereocenters. The Morgan fingerprint density at radius 1 is 1.27 bits per heavy atom. The molecule has 1 aromatic carbocycles. The van der Waals surface area contributed by atoms with E-state index in [1.54, 1.807) is 0 Å². The first-order valence-corrected chi connectivity index (χ1v) is 8.79. The number of imidazole rings is 1. The van der Waals surface area contributed by atoms with E-state index < -0.39 is 59.5 Å². The van der Waals surface area contributed by atoms with Crippen molar-refractivity contribution in [3.63, 3.8) is 0 Å². The molecule has 15 heteroatoms. The van der Waals surface area contributed by atoms with E-state index in [0.717, 1.165) is 18.1 Å². The van der Waals surface area contributed by atoms with Gasteiger partial charge in [-0.2, -0.15) is 30.7 Å². The molecule has 30 heavy (non-hydrogen) atoms. The molecule has 3 rings (SSSR count). The van der Waals surface area contributed by atoms with Crippen LogP contribution in [0, 0.1) is 0 Å². The summed E-state index contributed by atoms with van der Waals surface area (Å²) in [6.45, 7) is 0.428. The van der Waals surface area contributed by atoms with Gasteiger partial charge in [-0.05, 0) is 22.9 Å². The van der Waals surface area contributed by atoms with E-state index in [2.05, 4.69) is 35.1 Å². The van der Waals surface area contributed by atoms with Gasteiger partial charge < -0.3 is 14.2 Å². The highest BCUT2D eigenvalue weighted by Crippen LogP contribution is 2.52. The Morgan fingerprint density at radius 2 is 1.87 bits per heavy atom. The molecule has 166 valence electrons. The number of hydrogen-bond acceptors (Lipinski definition) is 5. The highest BCUT2D eigenvalue weighted by molar-refractivity contribution is 9.10. The summed E-state index contributed by atoms with van der Waals surface area (Å²) in [4.78, 5) is 16.0. The number of halogens is 8. The molecule has 0 saturated heterocycles. The molecule has 0 bridgehead atoms. The maximum absolute atomic E-state index is 13.7. The average molecular weight is 510 g/mol. The van der Waals surface area contributed by atoms with Gasteiger partial charge in [-0.25, -0.2) is 9.78 Å². The van der Waals surface area contributed by atoms with E-state index in [-0.39, 0.29) is 11.0 Å². The van der Waals surface area contributed by atoms with Crippen molar-refractivity contribution in [3.8, 4) is 11.5 Å². The molecule has 0 aliphatic carbocycles. The fourth-order valence-electron chi connectivity index (χ4n) is 2.72. The van der Waals surface area contributed by atoms with Crippen molar-refractivity contribution in [1.29, 1.82) is 0 Å². The van der Waals surface area contributed by atoms with Gasteiger partial charge in [0, 0.05) is 17.1 Å². The summed E-state index contributed by atoms with van der Waals surface area (Å²) in [5, 5.41) is 0. The van der Waals surface area contributed by atoms with E-state index in [1.807, 2.05) is 0 Å². The monoisotopic (exact) mass is 509 g/mol. The Kier molecular flexibility index (Phi) is 5.23. The predicted octanol–water partition coefficient (Wildman–Crippen LogP) is 4.82. The summed E-state index contributed by atoms with van der Waals surface area (Å²) in [5.74, 6) is -3.62. The van der Waals surface area contributed by atoms with Gasteiger partial charge in [-0.3, -0.25) is 9.47 Å². The second-order valence-corrected chi connectivity index (χ2v) is 6.80. The zero-order valence-electron chi connectivity index (χ0n) is 15.0. The van der Waals surface area contributed by atoms with E-state index >= 15 is 0 Å². The van der Waals surface area contributed by atoms with Crippen LogP contribution in [0.2, 0.25) is 0 Å². The summed E-state index contributed by atoms with van der Waals surface area (Å²) >= 11 is 2.87. The molecule has 0 saturated carbocycles. The number of benzene rings is 1. The number of fused-ring (bicyclic) bond motifs is 3. The Bertz CT molecular complexity index is 1010. The molecule has 1 amide bonds. The molecule has 2 aromatic rings. The van der Waals surface area contributed by atoms with Gasteiger partial charge in [0.05, 0.1) is 7.11 Å². The maximum Gasteiger partial charge on any atom is 0.507 e. The minimum absolute atomic E-state index is 0.134. The quantitative estimate of drug-likeness (QED) is 0.555. The first-order chi connectivity index (χ1) is 13.7. The third kappa shape index (κ3) is 3.48. The van der Waals surface area contributed by atoms with Crippen LogP contribution in [0.15, 0.2) is 10.5 Å². The van der Waals surface area contributed by atoms with Crippen LogP contribution in [-0.4, -0.2) is 46.4 Å². The minimum atomic E-state index is -5.18. The number of aromatic nitrogens is 2. The van der Waals surface area contributed by atoms with Gasteiger partial charge in [0.15, 0.2) is 11.5 Å². The lowest BCUT2D eigenvalue weighted by molar-refractivity contribution is -0.391. The highest BCUT2D eigenvalue weighted by atomic mass is 79.9. The van der Waals surface area contributed by atoms with Gasteiger partial charge >= 0.3 is 24.5 Å². The predicted molar refractivity (Wildman–Crippen MR) is 88.4 cm³/mol. The van der Waals surface area contributed by atoms with Crippen LogP contribution in [-0.2, 0) is 17.6 Å². The van der Waals surface area contributed by atoms with Gasteiger partial charge in [-0.1, -0.05) is 0 Å². The molecule has 0 N–H and O–H groups in total. The molecule has 0 radical (unpaired) electrons. The van der Waals surface area contributed by atoms with Crippen molar-refractivity contribution in [1.82, 2.24) is 14.5 Å². The molecule has 0 fully saturated rings. The fraction of sp³-hybridized carbons (Fsp3) is 0.467. The number of methoxy groups -OCH3 is 1. The minimum Gasteiger partial charge on any atom is -0.453 e. The van der Waals surface area contributed by atoms with Gasteiger partial charge in [0.25, 0.3) is 0 Å². The SMILES string of the molecule is CCN(Cn1c(C(F)(F)F)nc2c(Br)cc3c(c21)OC(F)(F)C(F)(F)O3)C(=O)OC. The summed E-state index contributed by atoms with van der Waals surface area (Å²) < 4.78 is 108. The van der Waals surface area contributed by atoms with E-state index in [0.29, 0.717) is 4.57 Å². The zero-order valence-corrected chi connectivity index (χ0v) is 16.6. The van der Waals surface area contributed by atoms with Crippen LogP contribution < -0.4 is 9.47 Å². The number of carbonyl (C=O) groups is 1. The molecular formula is C15H11BrF7N3O4. The summed E-state index contributed by atoms with van der Waals surface area (Å²) in [7, 11) is 0.986. The smallest absolute Gasteiger partial charge is 0.453 e. The molecule has 2 heterocycles. The molecule has 1 aliphatic heterocycles. The first kappa shape index (κ1) is 22.2. The largest absolute Gasteiger partial charge is 0.507 e. The first-order valence-electron chi connectivity index (χ1n) is 8.00. The van der Waals surface area contributed by atoms with Crippen LogP contribution in [0.5, 0.6) is 11.5 Å². The third-order valence-corrected chi connectivity index (χ3v) is 4.68.